The predicted molar refractivity (Wildman–Crippen MR) is 69.2 cm³/mol. The van der Waals surface area contributed by atoms with E-state index in [1.165, 1.54) is 0 Å². The largest absolute Gasteiger partial charge is 0.295 e. The highest BCUT2D eigenvalue weighted by Gasteiger charge is 2.08. The summed E-state index contributed by atoms with van der Waals surface area (Å²) in [6.45, 7) is 6.06. The Kier molecular flexibility index (Phi) is 4.97. The van der Waals surface area contributed by atoms with Crippen LogP contribution in [-0.4, -0.2) is 5.78 Å². The van der Waals surface area contributed by atoms with E-state index < -0.39 is 0 Å². The molecule has 0 bridgehead atoms. The fraction of sp³-hybridized carbons (Fsp3) is 0.400. The van der Waals surface area contributed by atoms with E-state index in [4.69, 9.17) is 0 Å². The second-order valence-corrected chi connectivity index (χ2v) is 4.14. The van der Waals surface area contributed by atoms with E-state index >= 15 is 0 Å². The summed E-state index contributed by atoms with van der Waals surface area (Å²) in [5, 5.41) is 0. The molecule has 0 amide bonds. The minimum atomic E-state index is 0.281. The zero-order valence-corrected chi connectivity index (χ0v) is 10.4. The van der Waals surface area contributed by atoms with E-state index in [1.807, 2.05) is 44.2 Å². The van der Waals surface area contributed by atoms with Crippen LogP contribution in [0.1, 0.15) is 45.6 Å². The van der Waals surface area contributed by atoms with Gasteiger partial charge in [-0.05, 0) is 37.0 Å². The first-order valence-electron chi connectivity index (χ1n) is 5.93. The SMILES string of the molecule is CCCCC(=O)/C(C)=C(/C)c1ccccc1. The van der Waals surface area contributed by atoms with Gasteiger partial charge in [0.05, 0.1) is 0 Å². The zero-order chi connectivity index (χ0) is 12.0. The highest BCUT2D eigenvalue weighted by atomic mass is 16.1. The van der Waals surface area contributed by atoms with Gasteiger partial charge in [-0.15, -0.1) is 0 Å². The van der Waals surface area contributed by atoms with Crippen LogP contribution in [-0.2, 0) is 4.79 Å². The van der Waals surface area contributed by atoms with Crippen molar-refractivity contribution in [2.45, 2.75) is 40.0 Å². The number of hydrogen-bond acceptors (Lipinski definition) is 1. The van der Waals surface area contributed by atoms with Crippen LogP contribution < -0.4 is 0 Å². The molecule has 86 valence electrons. The Morgan fingerprint density at radius 1 is 1.12 bits per heavy atom. The van der Waals surface area contributed by atoms with Gasteiger partial charge in [-0.1, -0.05) is 43.7 Å². The third-order valence-corrected chi connectivity index (χ3v) is 2.94. The van der Waals surface area contributed by atoms with Crippen LogP contribution in [0.15, 0.2) is 35.9 Å². The van der Waals surface area contributed by atoms with Gasteiger partial charge in [0.1, 0.15) is 0 Å². The maximum atomic E-state index is 11.9. The fourth-order valence-electron chi connectivity index (χ4n) is 1.64. The first-order valence-corrected chi connectivity index (χ1v) is 5.93. The first-order chi connectivity index (χ1) is 7.66. The van der Waals surface area contributed by atoms with Crippen molar-refractivity contribution in [3.8, 4) is 0 Å². The molecule has 1 heteroatoms. The number of Topliss-reactive ketones (excluding diaryl/α,β-unsaturated/α-hetero) is 1. The maximum absolute atomic E-state index is 11.9. The van der Waals surface area contributed by atoms with Gasteiger partial charge in [-0.2, -0.15) is 0 Å². The Balaban J connectivity index is 2.84. The van der Waals surface area contributed by atoms with Crippen LogP contribution >= 0.6 is 0 Å². The lowest BCUT2D eigenvalue weighted by Crippen LogP contribution is -2.01. The molecule has 0 aliphatic rings. The highest BCUT2D eigenvalue weighted by molar-refractivity contribution is 6.01. The zero-order valence-electron chi connectivity index (χ0n) is 10.4. The number of carbonyl (C=O) groups excluding carboxylic acids is 1. The van der Waals surface area contributed by atoms with Crippen molar-refractivity contribution < 1.29 is 4.79 Å². The van der Waals surface area contributed by atoms with E-state index in [1.54, 1.807) is 0 Å². The number of allylic oxidation sites excluding steroid dienone is 2. The molecule has 0 aliphatic carbocycles. The smallest absolute Gasteiger partial charge is 0.158 e. The van der Waals surface area contributed by atoms with Gasteiger partial charge >= 0.3 is 0 Å². The van der Waals surface area contributed by atoms with Gasteiger partial charge in [0.25, 0.3) is 0 Å². The molecule has 0 saturated heterocycles. The average Bonchev–Trinajstić information content (AvgIpc) is 2.35. The van der Waals surface area contributed by atoms with Crippen molar-refractivity contribution in [2.24, 2.45) is 0 Å². The Labute approximate surface area is 98.2 Å². The van der Waals surface area contributed by atoms with E-state index in [-0.39, 0.29) is 5.78 Å². The predicted octanol–water partition coefficient (Wildman–Crippen LogP) is 4.24. The number of carbonyl (C=O) groups is 1. The monoisotopic (exact) mass is 216 g/mol. The third kappa shape index (κ3) is 3.34. The van der Waals surface area contributed by atoms with Crippen LogP contribution in [0.25, 0.3) is 5.57 Å². The number of hydrogen-bond donors (Lipinski definition) is 0. The molecule has 0 aliphatic heterocycles. The minimum absolute atomic E-state index is 0.281. The van der Waals surface area contributed by atoms with Crippen molar-refractivity contribution in [2.75, 3.05) is 0 Å². The summed E-state index contributed by atoms with van der Waals surface area (Å²) in [5.74, 6) is 0.281. The van der Waals surface area contributed by atoms with Gasteiger partial charge in [-0.25, -0.2) is 0 Å². The van der Waals surface area contributed by atoms with Crippen molar-refractivity contribution in [3.05, 3.63) is 41.5 Å². The Morgan fingerprint density at radius 3 is 2.31 bits per heavy atom. The van der Waals surface area contributed by atoms with E-state index in [2.05, 4.69) is 6.92 Å². The van der Waals surface area contributed by atoms with Gasteiger partial charge in [0.2, 0.25) is 0 Å². The topological polar surface area (TPSA) is 17.1 Å². The molecule has 16 heavy (non-hydrogen) atoms. The molecular weight excluding hydrogens is 196 g/mol. The molecule has 0 aromatic heterocycles. The molecule has 1 aromatic rings. The van der Waals surface area contributed by atoms with Crippen LogP contribution in [0.4, 0.5) is 0 Å². The summed E-state index contributed by atoms with van der Waals surface area (Å²) in [6, 6.07) is 10.1. The van der Waals surface area contributed by atoms with Crippen molar-refractivity contribution in [1.29, 1.82) is 0 Å². The summed E-state index contributed by atoms with van der Waals surface area (Å²) in [4.78, 5) is 11.9. The molecule has 0 atom stereocenters. The first kappa shape index (κ1) is 12.7. The van der Waals surface area contributed by atoms with Crippen LogP contribution in [0.5, 0.6) is 0 Å². The van der Waals surface area contributed by atoms with Crippen LogP contribution in [0, 0.1) is 0 Å². The van der Waals surface area contributed by atoms with Crippen molar-refractivity contribution in [3.63, 3.8) is 0 Å². The number of rotatable bonds is 5. The summed E-state index contributed by atoms with van der Waals surface area (Å²) in [6.07, 6.45) is 2.73. The number of unbranched alkanes of at least 4 members (excludes halogenated alkanes) is 1. The van der Waals surface area contributed by atoms with Gasteiger partial charge in [-0.3, -0.25) is 4.79 Å². The van der Waals surface area contributed by atoms with Crippen molar-refractivity contribution >= 4 is 11.4 Å². The molecule has 0 N–H and O–H groups in total. The van der Waals surface area contributed by atoms with Gasteiger partial charge < -0.3 is 0 Å². The number of ketones is 1. The Bertz CT molecular complexity index is 374. The normalized spacial score (nSPS) is 12.2. The lowest BCUT2D eigenvalue weighted by molar-refractivity contribution is -0.115. The Morgan fingerprint density at radius 2 is 1.75 bits per heavy atom. The highest BCUT2D eigenvalue weighted by Crippen LogP contribution is 2.19. The summed E-state index contributed by atoms with van der Waals surface area (Å²) < 4.78 is 0. The van der Waals surface area contributed by atoms with Crippen LogP contribution in [0.2, 0.25) is 0 Å². The standard InChI is InChI=1S/C15H20O/c1-4-5-11-15(16)13(3)12(2)14-9-7-6-8-10-14/h6-10H,4-5,11H2,1-3H3/b13-12-. The summed E-state index contributed by atoms with van der Waals surface area (Å²) in [7, 11) is 0. The lowest BCUT2D eigenvalue weighted by atomic mass is 9.97. The molecule has 1 rings (SSSR count). The molecular formula is C15H20O. The minimum Gasteiger partial charge on any atom is -0.295 e. The third-order valence-electron chi connectivity index (χ3n) is 2.94. The molecule has 1 nitrogen and oxygen atoms in total. The maximum Gasteiger partial charge on any atom is 0.158 e. The van der Waals surface area contributed by atoms with E-state index in [0.717, 1.165) is 29.6 Å². The fourth-order valence-corrected chi connectivity index (χ4v) is 1.64. The molecule has 0 radical (unpaired) electrons. The van der Waals surface area contributed by atoms with Gasteiger partial charge in [0, 0.05) is 6.42 Å². The molecule has 0 spiro atoms. The average molecular weight is 216 g/mol. The Hall–Kier alpha value is -1.37. The molecule has 0 fully saturated rings. The van der Waals surface area contributed by atoms with E-state index in [9.17, 15) is 4.79 Å². The summed E-state index contributed by atoms with van der Waals surface area (Å²) in [5.41, 5.74) is 3.14. The summed E-state index contributed by atoms with van der Waals surface area (Å²) >= 11 is 0. The van der Waals surface area contributed by atoms with Crippen LogP contribution in [0.3, 0.4) is 0 Å². The molecule has 1 aromatic carbocycles. The quantitative estimate of drug-likeness (QED) is 0.673. The lowest BCUT2D eigenvalue weighted by Gasteiger charge is -2.07. The second-order valence-electron chi connectivity index (χ2n) is 4.14. The second kappa shape index (κ2) is 6.26. The molecule has 0 heterocycles. The van der Waals surface area contributed by atoms with Crippen molar-refractivity contribution in [1.82, 2.24) is 0 Å². The number of benzene rings is 1. The van der Waals surface area contributed by atoms with Gasteiger partial charge in [0.15, 0.2) is 5.78 Å². The molecule has 0 unspecified atom stereocenters. The molecule has 0 saturated carbocycles. The van der Waals surface area contributed by atoms with E-state index in [0.29, 0.717) is 6.42 Å².